The predicted molar refractivity (Wildman–Crippen MR) is 155 cm³/mol. The number of benzene rings is 2. The number of anilines is 1. The molecular formula is C31H37FN6O3. The maximum Gasteiger partial charge on any atom is 0.254 e. The third-order valence-electron chi connectivity index (χ3n) is 7.66. The summed E-state index contributed by atoms with van der Waals surface area (Å²) in [6, 6.07) is 17.5. The third kappa shape index (κ3) is 7.65. The summed E-state index contributed by atoms with van der Waals surface area (Å²) in [5.74, 6) is 0.278. The van der Waals surface area contributed by atoms with Gasteiger partial charge in [0.05, 0.1) is 18.9 Å². The largest absolute Gasteiger partial charge is 0.379 e. The summed E-state index contributed by atoms with van der Waals surface area (Å²) in [6.07, 6.45) is 0.785. The minimum Gasteiger partial charge on any atom is -0.379 e. The van der Waals surface area contributed by atoms with Crippen LogP contribution in [0.3, 0.4) is 0 Å². The number of carbonyl (C=O) groups is 2. The van der Waals surface area contributed by atoms with Crippen LogP contribution in [0, 0.1) is 12.7 Å². The Hall–Kier alpha value is -3.89. The Balaban J connectivity index is 1.20. The van der Waals surface area contributed by atoms with E-state index in [1.165, 1.54) is 12.1 Å². The molecule has 5 rings (SSSR count). The van der Waals surface area contributed by atoms with Gasteiger partial charge in [0.25, 0.3) is 5.91 Å². The molecule has 3 heterocycles. The number of hydrogen-bond donors (Lipinski definition) is 0. The number of hydrogen-bond acceptors (Lipinski definition) is 7. The molecule has 2 saturated heterocycles. The first kappa shape index (κ1) is 28.6. The molecule has 2 amide bonds. The zero-order valence-electron chi connectivity index (χ0n) is 23.5. The maximum atomic E-state index is 13.5. The Bertz CT molecular complexity index is 1300. The van der Waals surface area contributed by atoms with Crippen molar-refractivity contribution in [3.63, 3.8) is 0 Å². The van der Waals surface area contributed by atoms with Crippen LogP contribution in [0.4, 0.5) is 10.2 Å². The van der Waals surface area contributed by atoms with E-state index in [1.807, 2.05) is 48.2 Å². The molecule has 2 aliphatic rings. The van der Waals surface area contributed by atoms with Gasteiger partial charge in [-0.3, -0.25) is 14.5 Å². The molecule has 0 saturated carbocycles. The van der Waals surface area contributed by atoms with E-state index in [0.717, 1.165) is 43.0 Å². The zero-order valence-corrected chi connectivity index (χ0v) is 23.5. The van der Waals surface area contributed by atoms with Crippen LogP contribution in [0.15, 0.2) is 60.7 Å². The second-order valence-corrected chi connectivity index (χ2v) is 10.6. The molecule has 1 aromatic heterocycles. The van der Waals surface area contributed by atoms with Gasteiger partial charge in [-0.25, -0.2) is 4.39 Å². The topological polar surface area (TPSA) is 82.1 Å². The van der Waals surface area contributed by atoms with Crippen molar-refractivity contribution in [2.75, 3.05) is 77.0 Å². The number of ether oxygens (including phenoxy) is 1. The van der Waals surface area contributed by atoms with Gasteiger partial charge in [-0.05, 0) is 61.9 Å². The molecule has 0 radical (unpaired) electrons. The third-order valence-corrected chi connectivity index (χ3v) is 7.66. The van der Waals surface area contributed by atoms with Gasteiger partial charge in [0.15, 0.2) is 5.82 Å². The maximum absolute atomic E-state index is 13.5. The van der Waals surface area contributed by atoms with Crippen molar-refractivity contribution >= 4 is 17.6 Å². The van der Waals surface area contributed by atoms with Crippen molar-refractivity contribution in [3.8, 4) is 11.3 Å². The number of rotatable bonds is 8. The van der Waals surface area contributed by atoms with Crippen molar-refractivity contribution < 1.29 is 18.7 Å². The van der Waals surface area contributed by atoms with Crippen molar-refractivity contribution in [2.24, 2.45) is 0 Å². The highest BCUT2D eigenvalue weighted by molar-refractivity contribution is 5.96. The number of carbonyl (C=O) groups excluding carboxylic acids is 2. The molecule has 3 aromatic rings. The molecule has 10 heteroatoms. The molecule has 2 aromatic carbocycles. The molecular weight excluding hydrogens is 523 g/mol. The van der Waals surface area contributed by atoms with Crippen molar-refractivity contribution in [2.45, 2.75) is 13.3 Å². The van der Waals surface area contributed by atoms with E-state index in [0.29, 0.717) is 57.2 Å². The van der Waals surface area contributed by atoms with Crippen LogP contribution in [0.5, 0.6) is 0 Å². The Kier molecular flexibility index (Phi) is 9.53. The lowest BCUT2D eigenvalue weighted by Gasteiger charge is -2.31. The molecule has 0 N–H and O–H groups in total. The lowest BCUT2D eigenvalue weighted by atomic mass is 10.1. The van der Waals surface area contributed by atoms with Gasteiger partial charge in [0.2, 0.25) is 5.91 Å². The first-order valence-electron chi connectivity index (χ1n) is 14.2. The standard InChI is InChI=1S/C31H37FN6O3/c1-24-3-5-26(6-4-24)31(40)38(16-15-35-19-21-41-22-20-35)23-30(39)37-14-2-13-36(17-18-37)29-12-11-28(33-34-29)25-7-9-27(32)10-8-25/h3-12H,2,13-23H2,1H3. The highest BCUT2D eigenvalue weighted by Gasteiger charge is 2.25. The fourth-order valence-corrected chi connectivity index (χ4v) is 5.15. The SMILES string of the molecule is Cc1ccc(C(=O)N(CCN2CCOCC2)CC(=O)N2CCCN(c3ccc(-c4ccc(F)cc4)nn3)CC2)cc1. The second-order valence-electron chi connectivity index (χ2n) is 10.6. The number of aryl methyl sites for hydroxylation is 1. The Morgan fingerprint density at radius 2 is 1.63 bits per heavy atom. The molecule has 9 nitrogen and oxygen atoms in total. The van der Waals surface area contributed by atoms with Crippen LogP contribution < -0.4 is 4.90 Å². The summed E-state index contributed by atoms with van der Waals surface area (Å²) in [7, 11) is 0. The van der Waals surface area contributed by atoms with E-state index in [4.69, 9.17) is 4.74 Å². The number of morpholine rings is 1. The summed E-state index contributed by atoms with van der Waals surface area (Å²) in [6.45, 7) is 8.78. The van der Waals surface area contributed by atoms with E-state index in [2.05, 4.69) is 20.0 Å². The minimum absolute atomic E-state index is 0.0449. The Labute approximate surface area is 240 Å². The number of halogens is 1. The number of nitrogens with zero attached hydrogens (tertiary/aromatic N) is 6. The van der Waals surface area contributed by atoms with Crippen LogP contribution in [0.25, 0.3) is 11.3 Å². The second kappa shape index (κ2) is 13.6. The van der Waals surface area contributed by atoms with Gasteiger partial charge in [-0.15, -0.1) is 10.2 Å². The van der Waals surface area contributed by atoms with Gasteiger partial charge < -0.3 is 19.4 Å². The van der Waals surface area contributed by atoms with Crippen LogP contribution in [-0.2, 0) is 9.53 Å². The van der Waals surface area contributed by atoms with Crippen LogP contribution in [0.1, 0.15) is 22.3 Å². The first-order chi connectivity index (χ1) is 20.0. The number of aromatic nitrogens is 2. The van der Waals surface area contributed by atoms with E-state index < -0.39 is 0 Å². The first-order valence-corrected chi connectivity index (χ1v) is 14.2. The molecule has 0 spiro atoms. The average molecular weight is 561 g/mol. The Morgan fingerprint density at radius 1 is 0.878 bits per heavy atom. The monoisotopic (exact) mass is 560 g/mol. The number of amides is 2. The summed E-state index contributed by atoms with van der Waals surface area (Å²) in [5, 5.41) is 8.74. The quantitative estimate of drug-likeness (QED) is 0.419. The Morgan fingerprint density at radius 3 is 2.34 bits per heavy atom. The summed E-state index contributed by atoms with van der Waals surface area (Å²) < 4.78 is 18.7. The zero-order chi connectivity index (χ0) is 28.6. The highest BCUT2D eigenvalue weighted by atomic mass is 19.1. The molecule has 0 aliphatic carbocycles. The predicted octanol–water partition coefficient (Wildman–Crippen LogP) is 3.10. The summed E-state index contributed by atoms with van der Waals surface area (Å²) in [4.78, 5) is 34.9. The summed E-state index contributed by atoms with van der Waals surface area (Å²) in [5.41, 5.74) is 3.16. The van der Waals surface area contributed by atoms with Gasteiger partial charge in [-0.1, -0.05) is 17.7 Å². The van der Waals surface area contributed by atoms with E-state index in [-0.39, 0.29) is 24.2 Å². The lowest BCUT2D eigenvalue weighted by molar-refractivity contribution is -0.131. The molecule has 41 heavy (non-hydrogen) atoms. The smallest absolute Gasteiger partial charge is 0.254 e. The van der Waals surface area contributed by atoms with Crippen molar-refractivity contribution in [3.05, 3.63) is 77.6 Å². The van der Waals surface area contributed by atoms with Crippen LogP contribution in [-0.4, -0.2) is 109 Å². The summed E-state index contributed by atoms with van der Waals surface area (Å²) >= 11 is 0. The molecule has 2 aliphatic heterocycles. The normalized spacial score (nSPS) is 16.3. The van der Waals surface area contributed by atoms with E-state index >= 15 is 0 Å². The molecule has 0 atom stereocenters. The van der Waals surface area contributed by atoms with Gasteiger partial charge in [-0.2, -0.15) is 0 Å². The minimum atomic E-state index is -0.290. The van der Waals surface area contributed by atoms with E-state index in [9.17, 15) is 14.0 Å². The average Bonchev–Trinajstić information content (AvgIpc) is 3.27. The van der Waals surface area contributed by atoms with Gasteiger partial charge in [0.1, 0.15) is 12.4 Å². The van der Waals surface area contributed by atoms with Crippen molar-refractivity contribution in [1.82, 2.24) is 24.9 Å². The van der Waals surface area contributed by atoms with Crippen LogP contribution >= 0.6 is 0 Å². The molecule has 216 valence electrons. The van der Waals surface area contributed by atoms with Crippen LogP contribution in [0.2, 0.25) is 0 Å². The molecule has 2 fully saturated rings. The fraction of sp³-hybridized carbons (Fsp3) is 0.419. The molecule has 0 bridgehead atoms. The van der Waals surface area contributed by atoms with Crippen molar-refractivity contribution in [1.29, 1.82) is 0 Å². The van der Waals surface area contributed by atoms with E-state index in [1.54, 1.807) is 17.0 Å². The van der Waals surface area contributed by atoms with Gasteiger partial charge >= 0.3 is 0 Å². The lowest BCUT2D eigenvalue weighted by Crippen LogP contribution is -2.47. The van der Waals surface area contributed by atoms with Gasteiger partial charge in [0, 0.05) is 63.5 Å². The highest BCUT2D eigenvalue weighted by Crippen LogP contribution is 2.20. The fourth-order valence-electron chi connectivity index (χ4n) is 5.15. The molecule has 0 unspecified atom stereocenters.